The van der Waals surface area contributed by atoms with Crippen molar-refractivity contribution in [3.8, 4) is 0 Å². The van der Waals surface area contributed by atoms with Gasteiger partial charge in [-0.25, -0.2) is 0 Å². The van der Waals surface area contributed by atoms with E-state index in [9.17, 15) is 0 Å². The molecule has 0 bridgehead atoms. The maximum absolute atomic E-state index is 5.35. The Kier molecular flexibility index (Phi) is 12.8. The van der Waals surface area contributed by atoms with Gasteiger partial charge in [0.05, 0.1) is 0 Å². The molecule has 1 aliphatic rings. The van der Waals surface area contributed by atoms with Crippen LogP contribution in [-0.4, -0.2) is 19.5 Å². The molecule has 0 radical (unpaired) electrons. The van der Waals surface area contributed by atoms with Gasteiger partial charge in [-0.15, -0.1) is 0 Å². The molecule has 1 rings (SSSR count). The second-order valence-electron chi connectivity index (χ2n) is 6.65. The zero-order valence-electron chi connectivity index (χ0n) is 15.0. The molecule has 130 valence electrons. The number of epoxide rings is 1. The summed E-state index contributed by atoms with van der Waals surface area (Å²) >= 11 is 0. The highest BCUT2D eigenvalue weighted by atomic mass is 16.8. The molecule has 0 aliphatic carbocycles. The lowest BCUT2D eigenvalue weighted by atomic mass is 10.1. The molecule has 1 saturated heterocycles. The van der Waals surface area contributed by atoms with Crippen molar-refractivity contribution in [3.63, 3.8) is 0 Å². The topological polar surface area (TPSA) is 21.8 Å². The van der Waals surface area contributed by atoms with E-state index in [-0.39, 0.29) is 6.29 Å². The number of unbranched alkanes of at least 4 members (excludes halogenated alkanes) is 11. The van der Waals surface area contributed by atoms with Crippen LogP contribution in [0.2, 0.25) is 0 Å². The lowest BCUT2D eigenvalue weighted by Gasteiger charge is -1.99. The summed E-state index contributed by atoms with van der Waals surface area (Å²) in [6.07, 6.45) is 24.2. The van der Waals surface area contributed by atoms with E-state index >= 15 is 0 Å². The van der Waals surface area contributed by atoms with Crippen molar-refractivity contribution in [2.45, 2.75) is 109 Å². The minimum atomic E-state index is 0.108. The summed E-state index contributed by atoms with van der Waals surface area (Å²) in [5, 5.41) is 0. The van der Waals surface area contributed by atoms with Gasteiger partial charge in [-0.2, -0.15) is 0 Å². The summed E-state index contributed by atoms with van der Waals surface area (Å²) < 4.78 is 10.5. The Bertz CT molecular complexity index is 262. The van der Waals surface area contributed by atoms with Crippen molar-refractivity contribution >= 4 is 0 Å². The lowest BCUT2D eigenvalue weighted by molar-refractivity contribution is 0.0950. The Morgan fingerprint density at radius 3 is 1.86 bits per heavy atom. The van der Waals surface area contributed by atoms with E-state index in [1.807, 2.05) is 0 Å². The molecule has 2 nitrogen and oxygen atoms in total. The van der Waals surface area contributed by atoms with Gasteiger partial charge >= 0.3 is 0 Å². The summed E-state index contributed by atoms with van der Waals surface area (Å²) in [6.45, 7) is 2.28. The fourth-order valence-electron chi connectivity index (χ4n) is 2.95. The smallest absolute Gasteiger partial charge is 0.184 e. The minimum Gasteiger partial charge on any atom is -0.353 e. The Morgan fingerprint density at radius 1 is 0.773 bits per heavy atom. The van der Waals surface area contributed by atoms with Crippen LogP contribution in [0.25, 0.3) is 0 Å². The van der Waals surface area contributed by atoms with Crippen LogP contribution >= 0.6 is 0 Å². The van der Waals surface area contributed by atoms with Crippen molar-refractivity contribution in [1.29, 1.82) is 0 Å². The number of rotatable bonds is 16. The molecule has 1 fully saturated rings. The van der Waals surface area contributed by atoms with Gasteiger partial charge < -0.3 is 9.47 Å². The first-order valence-corrected chi connectivity index (χ1v) is 9.71. The number of hydrogen-bond donors (Lipinski definition) is 0. The number of hydrogen-bond acceptors (Lipinski definition) is 2. The van der Waals surface area contributed by atoms with Crippen LogP contribution in [0, 0.1) is 0 Å². The fraction of sp³-hybridized carbons (Fsp3) is 0.900. The predicted octanol–water partition coefficient (Wildman–Crippen LogP) is 6.40. The van der Waals surface area contributed by atoms with Crippen LogP contribution in [0.4, 0.5) is 0 Å². The zero-order valence-corrected chi connectivity index (χ0v) is 15.0. The Balaban J connectivity index is 1.69. The molecule has 1 aliphatic heterocycles. The first kappa shape index (κ1) is 19.7. The van der Waals surface area contributed by atoms with Gasteiger partial charge in [-0.3, -0.25) is 0 Å². The van der Waals surface area contributed by atoms with Crippen LogP contribution < -0.4 is 0 Å². The van der Waals surface area contributed by atoms with Crippen molar-refractivity contribution in [2.75, 3.05) is 7.11 Å². The van der Waals surface area contributed by atoms with E-state index in [0.29, 0.717) is 6.10 Å². The van der Waals surface area contributed by atoms with Crippen molar-refractivity contribution in [2.24, 2.45) is 0 Å². The van der Waals surface area contributed by atoms with Gasteiger partial charge in [-0.05, 0) is 32.1 Å². The number of methoxy groups -OCH3 is 1. The second-order valence-corrected chi connectivity index (χ2v) is 6.65. The number of allylic oxidation sites excluding steroid dienone is 2. The standard InChI is InChI=1S/C20H38O2/c1-3-4-5-6-7-8-9-10-11-12-13-14-15-16-17-18-19-20(21-2)22-19/h10-11,19-20H,3-9,12-18H2,1-2H3. The molecular formula is C20H38O2. The summed E-state index contributed by atoms with van der Waals surface area (Å²) in [7, 11) is 1.73. The quantitative estimate of drug-likeness (QED) is 0.187. The van der Waals surface area contributed by atoms with E-state index in [0.717, 1.165) is 0 Å². The van der Waals surface area contributed by atoms with Crippen LogP contribution in [-0.2, 0) is 9.47 Å². The fourth-order valence-corrected chi connectivity index (χ4v) is 2.95. The molecule has 0 aromatic carbocycles. The third kappa shape index (κ3) is 11.3. The van der Waals surface area contributed by atoms with Crippen LogP contribution in [0.1, 0.15) is 96.8 Å². The SMILES string of the molecule is CCCCCCCCC=CCCCCCCCC1OC1OC. The largest absolute Gasteiger partial charge is 0.353 e. The molecule has 0 N–H and O–H groups in total. The highest BCUT2D eigenvalue weighted by Crippen LogP contribution is 2.27. The zero-order chi connectivity index (χ0) is 15.9. The van der Waals surface area contributed by atoms with Gasteiger partial charge in [-0.1, -0.05) is 76.9 Å². The molecule has 0 aromatic rings. The molecule has 0 spiro atoms. The summed E-state index contributed by atoms with van der Waals surface area (Å²) in [5.74, 6) is 0. The van der Waals surface area contributed by atoms with Crippen molar-refractivity contribution in [1.82, 2.24) is 0 Å². The van der Waals surface area contributed by atoms with E-state index in [1.54, 1.807) is 7.11 Å². The molecule has 0 saturated carbocycles. The molecule has 0 aromatic heterocycles. The van der Waals surface area contributed by atoms with Crippen LogP contribution in [0.5, 0.6) is 0 Å². The van der Waals surface area contributed by atoms with Crippen molar-refractivity contribution < 1.29 is 9.47 Å². The molecule has 1 heterocycles. The summed E-state index contributed by atoms with van der Waals surface area (Å²) in [4.78, 5) is 0. The van der Waals surface area contributed by atoms with Crippen LogP contribution in [0.15, 0.2) is 12.2 Å². The average Bonchev–Trinajstić information content (AvgIpc) is 3.30. The molecule has 2 heteroatoms. The summed E-state index contributed by atoms with van der Waals surface area (Å²) in [6, 6.07) is 0. The monoisotopic (exact) mass is 310 g/mol. The Morgan fingerprint density at radius 2 is 1.32 bits per heavy atom. The third-order valence-electron chi connectivity index (χ3n) is 4.52. The van der Waals surface area contributed by atoms with Gasteiger partial charge in [0.15, 0.2) is 6.29 Å². The molecule has 2 atom stereocenters. The van der Waals surface area contributed by atoms with Crippen molar-refractivity contribution in [3.05, 3.63) is 12.2 Å². The maximum atomic E-state index is 5.35. The normalized spacial score (nSPS) is 20.8. The van der Waals surface area contributed by atoms with Gasteiger partial charge in [0.1, 0.15) is 6.10 Å². The first-order chi connectivity index (χ1) is 10.9. The maximum Gasteiger partial charge on any atom is 0.184 e. The van der Waals surface area contributed by atoms with E-state index in [1.165, 1.54) is 89.9 Å². The Labute approximate surface area is 138 Å². The Hall–Kier alpha value is -0.340. The van der Waals surface area contributed by atoms with Gasteiger partial charge in [0.2, 0.25) is 0 Å². The third-order valence-corrected chi connectivity index (χ3v) is 4.52. The van der Waals surface area contributed by atoms with E-state index in [2.05, 4.69) is 19.1 Å². The lowest BCUT2D eigenvalue weighted by Crippen LogP contribution is -1.95. The van der Waals surface area contributed by atoms with E-state index < -0.39 is 0 Å². The highest BCUT2D eigenvalue weighted by molar-refractivity contribution is 4.81. The number of ether oxygens (including phenoxy) is 2. The highest BCUT2D eigenvalue weighted by Gasteiger charge is 2.37. The van der Waals surface area contributed by atoms with Crippen LogP contribution in [0.3, 0.4) is 0 Å². The van der Waals surface area contributed by atoms with Gasteiger partial charge in [0.25, 0.3) is 0 Å². The van der Waals surface area contributed by atoms with E-state index in [4.69, 9.17) is 9.47 Å². The predicted molar refractivity (Wildman–Crippen MR) is 95.1 cm³/mol. The summed E-state index contributed by atoms with van der Waals surface area (Å²) in [5.41, 5.74) is 0. The molecule has 2 unspecified atom stereocenters. The first-order valence-electron chi connectivity index (χ1n) is 9.71. The molecule has 22 heavy (non-hydrogen) atoms. The second kappa shape index (κ2) is 14.3. The molecule has 0 amide bonds. The average molecular weight is 311 g/mol. The molecular weight excluding hydrogens is 272 g/mol. The minimum absolute atomic E-state index is 0.108. The van der Waals surface area contributed by atoms with Gasteiger partial charge in [0, 0.05) is 7.11 Å².